The van der Waals surface area contributed by atoms with Gasteiger partial charge in [-0.15, -0.1) is 0 Å². The van der Waals surface area contributed by atoms with Crippen molar-refractivity contribution < 1.29 is 0 Å². The Labute approximate surface area is 69.7 Å². The number of allylic oxidation sites excluding steroid dienone is 1. The molecule has 1 aliphatic carbocycles. The van der Waals surface area contributed by atoms with E-state index in [1.165, 1.54) is 12.0 Å². The van der Waals surface area contributed by atoms with Crippen LogP contribution in [-0.2, 0) is 0 Å². The van der Waals surface area contributed by atoms with E-state index in [1.807, 2.05) is 0 Å². The predicted octanol–water partition coefficient (Wildman–Crippen LogP) is 2.33. The molecule has 0 bridgehead atoms. The van der Waals surface area contributed by atoms with Crippen LogP contribution in [0.15, 0.2) is 11.6 Å². The molecule has 11 heavy (non-hydrogen) atoms. The molecule has 0 amide bonds. The lowest BCUT2D eigenvalue weighted by Crippen LogP contribution is -2.35. The van der Waals surface area contributed by atoms with Crippen LogP contribution in [0.5, 0.6) is 0 Å². The van der Waals surface area contributed by atoms with Gasteiger partial charge in [-0.3, -0.25) is 0 Å². The Kier molecular flexibility index (Phi) is 2.72. The largest absolute Gasteiger partial charge is 0.327 e. The second-order valence-electron chi connectivity index (χ2n) is 4.06. The van der Waals surface area contributed by atoms with Crippen LogP contribution in [-0.4, -0.2) is 6.04 Å². The molecule has 0 saturated carbocycles. The molecule has 1 rings (SSSR count). The summed E-state index contributed by atoms with van der Waals surface area (Å²) in [5.74, 6) is 1.44. The van der Waals surface area contributed by atoms with Gasteiger partial charge in [0.05, 0.1) is 0 Å². The van der Waals surface area contributed by atoms with E-state index in [2.05, 4.69) is 26.8 Å². The van der Waals surface area contributed by atoms with Gasteiger partial charge < -0.3 is 5.73 Å². The van der Waals surface area contributed by atoms with Crippen LogP contribution >= 0.6 is 0 Å². The van der Waals surface area contributed by atoms with Crippen LogP contribution in [0.25, 0.3) is 0 Å². The van der Waals surface area contributed by atoms with Crippen molar-refractivity contribution in [1.29, 1.82) is 0 Å². The average molecular weight is 153 g/mol. The standard InChI is InChI=1S/C10H19N/c1-7(2)9-5-4-8(3)6-10(9)11/h4,7,9-10H,5-6,11H2,1-3H3. The molecule has 64 valence electrons. The average Bonchev–Trinajstić information content (AvgIpc) is 1.85. The van der Waals surface area contributed by atoms with Gasteiger partial charge in [0.25, 0.3) is 0 Å². The van der Waals surface area contributed by atoms with E-state index in [-0.39, 0.29) is 0 Å². The molecule has 0 aromatic heterocycles. The van der Waals surface area contributed by atoms with Crippen molar-refractivity contribution in [1.82, 2.24) is 0 Å². The third-order valence-corrected chi connectivity index (χ3v) is 2.70. The SMILES string of the molecule is CC1=CCC(C(C)C)C(N)C1. The van der Waals surface area contributed by atoms with Gasteiger partial charge in [0, 0.05) is 6.04 Å². The van der Waals surface area contributed by atoms with Gasteiger partial charge in [-0.25, -0.2) is 0 Å². The normalized spacial score (nSPS) is 32.3. The van der Waals surface area contributed by atoms with E-state index >= 15 is 0 Å². The Morgan fingerprint density at radius 3 is 2.64 bits per heavy atom. The van der Waals surface area contributed by atoms with E-state index in [9.17, 15) is 0 Å². The molecule has 2 atom stereocenters. The second kappa shape index (κ2) is 3.40. The minimum absolute atomic E-state index is 0.403. The van der Waals surface area contributed by atoms with Crippen LogP contribution in [0, 0.1) is 11.8 Å². The Balaban J connectivity index is 2.58. The molecule has 0 spiro atoms. The quantitative estimate of drug-likeness (QED) is 0.575. The van der Waals surface area contributed by atoms with E-state index in [1.54, 1.807) is 0 Å². The molecule has 2 N–H and O–H groups in total. The van der Waals surface area contributed by atoms with Gasteiger partial charge in [0.15, 0.2) is 0 Å². The first-order valence-electron chi connectivity index (χ1n) is 4.52. The Bertz CT molecular complexity index is 158. The zero-order chi connectivity index (χ0) is 8.43. The third-order valence-electron chi connectivity index (χ3n) is 2.70. The lowest BCUT2D eigenvalue weighted by molar-refractivity contribution is 0.306. The number of hydrogen-bond acceptors (Lipinski definition) is 1. The zero-order valence-electron chi connectivity index (χ0n) is 7.80. The predicted molar refractivity (Wildman–Crippen MR) is 49.3 cm³/mol. The van der Waals surface area contributed by atoms with Gasteiger partial charge in [-0.1, -0.05) is 25.5 Å². The van der Waals surface area contributed by atoms with Crippen molar-refractivity contribution in [2.75, 3.05) is 0 Å². The fraction of sp³-hybridized carbons (Fsp3) is 0.800. The maximum absolute atomic E-state index is 6.03. The number of nitrogens with two attached hydrogens (primary N) is 1. The number of rotatable bonds is 1. The fourth-order valence-electron chi connectivity index (χ4n) is 1.89. The van der Waals surface area contributed by atoms with Crippen LogP contribution in [0.4, 0.5) is 0 Å². The second-order valence-corrected chi connectivity index (χ2v) is 4.06. The van der Waals surface area contributed by atoms with E-state index in [4.69, 9.17) is 5.73 Å². The smallest absolute Gasteiger partial charge is 0.0110 e. The lowest BCUT2D eigenvalue weighted by atomic mass is 9.79. The molecule has 0 heterocycles. The molecular formula is C10H19N. The van der Waals surface area contributed by atoms with E-state index in [0.29, 0.717) is 12.0 Å². The molecule has 1 nitrogen and oxygen atoms in total. The van der Waals surface area contributed by atoms with E-state index in [0.717, 1.165) is 12.3 Å². The van der Waals surface area contributed by atoms with Gasteiger partial charge in [-0.05, 0) is 31.6 Å². The van der Waals surface area contributed by atoms with Crippen LogP contribution in [0.2, 0.25) is 0 Å². The highest BCUT2D eigenvalue weighted by Gasteiger charge is 2.23. The van der Waals surface area contributed by atoms with E-state index < -0.39 is 0 Å². The van der Waals surface area contributed by atoms with Crippen molar-refractivity contribution in [2.45, 2.75) is 39.7 Å². The van der Waals surface area contributed by atoms with Crippen LogP contribution in [0.3, 0.4) is 0 Å². The summed E-state index contributed by atoms with van der Waals surface area (Å²) in [6.45, 7) is 6.70. The molecule has 0 radical (unpaired) electrons. The molecule has 0 aromatic carbocycles. The summed E-state index contributed by atoms with van der Waals surface area (Å²) in [4.78, 5) is 0. The summed E-state index contributed by atoms with van der Waals surface area (Å²) in [6.07, 6.45) is 4.63. The summed E-state index contributed by atoms with van der Waals surface area (Å²) >= 11 is 0. The van der Waals surface area contributed by atoms with Crippen molar-refractivity contribution in [3.63, 3.8) is 0 Å². The summed E-state index contributed by atoms with van der Waals surface area (Å²) in [6, 6.07) is 0.403. The molecule has 0 fully saturated rings. The van der Waals surface area contributed by atoms with Crippen molar-refractivity contribution in [3.8, 4) is 0 Å². The first-order valence-corrected chi connectivity index (χ1v) is 4.52. The van der Waals surface area contributed by atoms with Gasteiger partial charge in [-0.2, -0.15) is 0 Å². The number of hydrogen-bond donors (Lipinski definition) is 1. The molecule has 2 unspecified atom stereocenters. The molecule has 0 saturated heterocycles. The Morgan fingerprint density at radius 1 is 1.55 bits per heavy atom. The van der Waals surface area contributed by atoms with Crippen molar-refractivity contribution in [2.24, 2.45) is 17.6 Å². The molecule has 1 heteroatoms. The van der Waals surface area contributed by atoms with Crippen molar-refractivity contribution in [3.05, 3.63) is 11.6 Å². The van der Waals surface area contributed by atoms with Gasteiger partial charge in [0.1, 0.15) is 0 Å². The Hall–Kier alpha value is -0.300. The summed E-state index contributed by atoms with van der Waals surface area (Å²) in [5, 5.41) is 0. The minimum Gasteiger partial charge on any atom is -0.327 e. The third kappa shape index (κ3) is 2.06. The van der Waals surface area contributed by atoms with Gasteiger partial charge >= 0.3 is 0 Å². The zero-order valence-corrected chi connectivity index (χ0v) is 7.80. The topological polar surface area (TPSA) is 26.0 Å². The van der Waals surface area contributed by atoms with Crippen LogP contribution < -0.4 is 5.73 Å². The summed E-state index contributed by atoms with van der Waals surface area (Å²) < 4.78 is 0. The molecule has 0 aromatic rings. The van der Waals surface area contributed by atoms with Gasteiger partial charge in [0.2, 0.25) is 0 Å². The highest BCUT2D eigenvalue weighted by Crippen LogP contribution is 2.27. The fourth-order valence-corrected chi connectivity index (χ4v) is 1.89. The maximum Gasteiger partial charge on any atom is 0.0110 e. The Morgan fingerprint density at radius 2 is 2.18 bits per heavy atom. The lowest BCUT2D eigenvalue weighted by Gasteiger charge is -2.30. The molecule has 0 aliphatic heterocycles. The monoisotopic (exact) mass is 153 g/mol. The first-order chi connectivity index (χ1) is 5.11. The first kappa shape index (κ1) is 8.79. The van der Waals surface area contributed by atoms with Crippen LogP contribution in [0.1, 0.15) is 33.6 Å². The summed E-state index contributed by atoms with van der Waals surface area (Å²) in [7, 11) is 0. The van der Waals surface area contributed by atoms with Crippen molar-refractivity contribution >= 4 is 0 Å². The highest BCUT2D eigenvalue weighted by atomic mass is 14.7. The molecule has 1 aliphatic rings. The minimum atomic E-state index is 0.403. The maximum atomic E-state index is 6.03. The molecular weight excluding hydrogens is 134 g/mol. The summed E-state index contributed by atoms with van der Waals surface area (Å²) in [5.41, 5.74) is 7.50. The highest BCUT2D eigenvalue weighted by molar-refractivity contribution is 5.07.